The van der Waals surface area contributed by atoms with Crippen LogP contribution in [0.1, 0.15) is 25.7 Å². The molecule has 5 nitrogen and oxygen atoms in total. The van der Waals surface area contributed by atoms with Crippen molar-refractivity contribution in [3.63, 3.8) is 0 Å². The van der Waals surface area contributed by atoms with E-state index in [0.717, 1.165) is 17.9 Å². The number of rotatable bonds is 4. The fourth-order valence-electron chi connectivity index (χ4n) is 5.18. The van der Waals surface area contributed by atoms with Crippen LogP contribution in [0.3, 0.4) is 0 Å². The molecule has 5 rings (SSSR count). The number of fused-ring (bicyclic) bond motifs is 1. The maximum atomic E-state index is 4.78. The van der Waals surface area contributed by atoms with Crippen LogP contribution in [-0.2, 0) is 6.54 Å². The first-order valence-corrected chi connectivity index (χ1v) is 10.5. The molecule has 0 amide bonds. The largest absolute Gasteiger partial charge is 0.329 e. The molecule has 2 aliphatic rings. The Labute approximate surface area is 167 Å². The van der Waals surface area contributed by atoms with E-state index in [2.05, 4.69) is 56.9 Å². The molecule has 3 heterocycles. The van der Waals surface area contributed by atoms with Gasteiger partial charge in [-0.3, -0.25) is 9.88 Å². The summed E-state index contributed by atoms with van der Waals surface area (Å²) in [6, 6.07) is 10.5. The lowest BCUT2D eigenvalue weighted by Crippen LogP contribution is -2.57. The number of aromatic nitrogens is 3. The van der Waals surface area contributed by atoms with E-state index in [0.29, 0.717) is 0 Å². The second-order valence-corrected chi connectivity index (χ2v) is 8.48. The molecule has 28 heavy (non-hydrogen) atoms. The number of piperazine rings is 1. The zero-order chi connectivity index (χ0) is 19.0. The van der Waals surface area contributed by atoms with Crippen LogP contribution < -0.4 is 0 Å². The molecule has 1 aliphatic carbocycles. The first-order valence-electron chi connectivity index (χ1n) is 10.5. The molecule has 0 N–H and O–H groups in total. The molecule has 5 heteroatoms. The Kier molecular flexibility index (Phi) is 4.65. The summed E-state index contributed by atoms with van der Waals surface area (Å²) in [6.07, 6.45) is 11.3. The summed E-state index contributed by atoms with van der Waals surface area (Å²) in [5.74, 6) is 1.07. The molecule has 3 aromatic rings. The summed E-state index contributed by atoms with van der Waals surface area (Å²) < 4.78 is 2.39. The van der Waals surface area contributed by atoms with E-state index in [1.54, 1.807) is 0 Å². The third kappa shape index (κ3) is 3.12. The number of benzene rings is 1. The molecule has 0 bridgehead atoms. The van der Waals surface area contributed by atoms with Gasteiger partial charge in [-0.1, -0.05) is 31.0 Å². The van der Waals surface area contributed by atoms with Gasteiger partial charge in [0.15, 0.2) is 0 Å². The highest BCUT2D eigenvalue weighted by atomic mass is 15.3. The standard InChI is InChI=1S/C23H29N5/c1-26-14-16-28(17-15-26)23(9-2-3-10-23)18-27-13-12-25-22(27)20-6-4-8-21-19(20)7-5-11-24-21/h4-8,11-13H,2-3,9-10,14-18H2,1H3. The Morgan fingerprint density at radius 2 is 1.75 bits per heavy atom. The SMILES string of the molecule is CN1CCN(C2(Cn3ccnc3-c3cccc4ncccc34)CCCC2)CC1. The van der Waals surface area contributed by atoms with Gasteiger partial charge in [0.2, 0.25) is 0 Å². The summed E-state index contributed by atoms with van der Waals surface area (Å²) in [4.78, 5) is 14.5. The second-order valence-electron chi connectivity index (χ2n) is 8.48. The number of likely N-dealkylation sites (N-methyl/N-ethyl adjacent to an activating group) is 1. The lowest BCUT2D eigenvalue weighted by Gasteiger charge is -2.46. The van der Waals surface area contributed by atoms with Gasteiger partial charge >= 0.3 is 0 Å². The highest BCUT2D eigenvalue weighted by molar-refractivity contribution is 5.92. The Morgan fingerprint density at radius 3 is 2.57 bits per heavy atom. The number of pyridine rings is 1. The average Bonchev–Trinajstić information content (AvgIpc) is 3.39. The Bertz CT molecular complexity index is 943. The summed E-state index contributed by atoms with van der Waals surface area (Å²) in [7, 11) is 2.24. The molecule has 0 atom stereocenters. The van der Waals surface area contributed by atoms with Crippen molar-refractivity contribution in [1.29, 1.82) is 0 Å². The van der Waals surface area contributed by atoms with Crippen LogP contribution in [0.5, 0.6) is 0 Å². The molecule has 1 saturated heterocycles. The van der Waals surface area contributed by atoms with Crippen molar-refractivity contribution < 1.29 is 0 Å². The summed E-state index contributed by atoms with van der Waals surface area (Å²) >= 11 is 0. The fourth-order valence-corrected chi connectivity index (χ4v) is 5.18. The Hall–Kier alpha value is -2.24. The number of hydrogen-bond donors (Lipinski definition) is 0. The van der Waals surface area contributed by atoms with Gasteiger partial charge in [-0.15, -0.1) is 0 Å². The predicted molar refractivity (Wildman–Crippen MR) is 113 cm³/mol. The van der Waals surface area contributed by atoms with Crippen LogP contribution in [0.15, 0.2) is 48.9 Å². The van der Waals surface area contributed by atoms with Crippen LogP contribution in [0.4, 0.5) is 0 Å². The minimum Gasteiger partial charge on any atom is -0.329 e. The van der Waals surface area contributed by atoms with Gasteiger partial charge in [0, 0.05) is 67.8 Å². The average molecular weight is 376 g/mol. The predicted octanol–water partition coefficient (Wildman–Crippen LogP) is 3.66. The van der Waals surface area contributed by atoms with E-state index in [9.17, 15) is 0 Å². The van der Waals surface area contributed by atoms with Crippen LogP contribution >= 0.6 is 0 Å². The zero-order valence-electron chi connectivity index (χ0n) is 16.7. The smallest absolute Gasteiger partial charge is 0.140 e. The van der Waals surface area contributed by atoms with Crippen molar-refractivity contribution in [2.75, 3.05) is 33.2 Å². The van der Waals surface area contributed by atoms with E-state index in [1.165, 1.54) is 62.8 Å². The van der Waals surface area contributed by atoms with Gasteiger partial charge in [0.25, 0.3) is 0 Å². The summed E-state index contributed by atoms with van der Waals surface area (Å²) in [5, 5.41) is 1.18. The normalized spacial score (nSPS) is 20.8. The van der Waals surface area contributed by atoms with E-state index in [-0.39, 0.29) is 5.54 Å². The van der Waals surface area contributed by atoms with E-state index < -0.39 is 0 Å². The highest BCUT2D eigenvalue weighted by Crippen LogP contribution is 2.38. The topological polar surface area (TPSA) is 37.2 Å². The maximum absolute atomic E-state index is 4.78. The van der Waals surface area contributed by atoms with Gasteiger partial charge in [-0.05, 0) is 32.0 Å². The van der Waals surface area contributed by atoms with Crippen LogP contribution in [0, 0.1) is 0 Å². The number of hydrogen-bond acceptors (Lipinski definition) is 4. The van der Waals surface area contributed by atoms with Crippen molar-refractivity contribution in [2.24, 2.45) is 0 Å². The van der Waals surface area contributed by atoms with Crippen LogP contribution in [0.2, 0.25) is 0 Å². The second kappa shape index (κ2) is 7.30. The lowest BCUT2D eigenvalue weighted by molar-refractivity contribution is 0.0315. The molecule has 1 aromatic carbocycles. The third-order valence-corrected chi connectivity index (χ3v) is 6.78. The van der Waals surface area contributed by atoms with E-state index in [1.807, 2.05) is 18.5 Å². The lowest BCUT2D eigenvalue weighted by atomic mass is 9.93. The minimum absolute atomic E-state index is 0.277. The molecule has 2 aromatic heterocycles. The molecule has 2 fully saturated rings. The van der Waals surface area contributed by atoms with Gasteiger partial charge in [0.1, 0.15) is 5.82 Å². The van der Waals surface area contributed by atoms with Crippen molar-refractivity contribution in [3.05, 3.63) is 48.9 Å². The van der Waals surface area contributed by atoms with Crippen molar-refractivity contribution >= 4 is 10.9 Å². The van der Waals surface area contributed by atoms with Crippen molar-refractivity contribution in [1.82, 2.24) is 24.3 Å². The number of nitrogens with zero attached hydrogens (tertiary/aromatic N) is 5. The van der Waals surface area contributed by atoms with Crippen molar-refractivity contribution in [2.45, 2.75) is 37.8 Å². The molecule has 0 radical (unpaired) electrons. The Balaban J connectivity index is 1.50. The summed E-state index contributed by atoms with van der Waals surface area (Å²) in [6.45, 7) is 5.74. The van der Waals surface area contributed by atoms with Gasteiger partial charge < -0.3 is 9.47 Å². The monoisotopic (exact) mass is 375 g/mol. The number of imidazole rings is 1. The van der Waals surface area contributed by atoms with E-state index >= 15 is 0 Å². The zero-order valence-corrected chi connectivity index (χ0v) is 16.7. The quantitative estimate of drug-likeness (QED) is 0.697. The van der Waals surface area contributed by atoms with Gasteiger partial charge in [-0.25, -0.2) is 4.98 Å². The minimum atomic E-state index is 0.277. The summed E-state index contributed by atoms with van der Waals surface area (Å²) in [5.41, 5.74) is 2.49. The molecular weight excluding hydrogens is 346 g/mol. The van der Waals surface area contributed by atoms with Crippen LogP contribution in [0.25, 0.3) is 22.3 Å². The van der Waals surface area contributed by atoms with Crippen LogP contribution in [-0.4, -0.2) is 63.1 Å². The van der Waals surface area contributed by atoms with Gasteiger partial charge in [-0.2, -0.15) is 0 Å². The van der Waals surface area contributed by atoms with Gasteiger partial charge in [0.05, 0.1) is 5.52 Å². The first kappa shape index (κ1) is 17.8. The third-order valence-electron chi connectivity index (χ3n) is 6.78. The highest BCUT2D eigenvalue weighted by Gasteiger charge is 2.41. The molecule has 0 spiro atoms. The van der Waals surface area contributed by atoms with Crippen molar-refractivity contribution in [3.8, 4) is 11.4 Å². The molecule has 146 valence electrons. The fraction of sp³-hybridized carbons (Fsp3) is 0.478. The first-order chi connectivity index (χ1) is 13.8. The molecule has 1 saturated carbocycles. The molecular formula is C23H29N5. The maximum Gasteiger partial charge on any atom is 0.140 e. The van der Waals surface area contributed by atoms with E-state index in [4.69, 9.17) is 4.98 Å². The molecule has 1 aliphatic heterocycles. The Morgan fingerprint density at radius 1 is 0.929 bits per heavy atom. The molecule has 0 unspecified atom stereocenters.